The van der Waals surface area contributed by atoms with Gasteiger partial charge >= 0.3 is 0 Å². The summed E-state index contributed by atoms with van der Waals surface area (Å²) in [4.78, 5) is 4.03. The molecule has 3 nitrogen and oxygen atoms in total. The highest BCUT2D eigenvalue weighted by atomic mass is 32.2. The van der Waals surface area contributed by atoms with Gasteiger partial charge in [0, 0.05) is 0 Å². The van der Waals surface area contributed by atoms with E-state index in [1.54, 1.807) is 12.3 Å². The first-order valence-corrected chi connectivity index (χ1v) is 6.28. The molecule has 4 heteroatoms. The molecule has 1 aromatic heterocycles. The van der Waals surface area contributed by atoms with Gasteiger partial charge < -0.3 is 9.84 Å². The van der Waals surface area contributed by atoms with Crippen LogP contribution in [0.3, 0.4) is 0 Å². The molecule has 0 spiro atoms. The quantitative estimate of drug-likeness (QED) is 0.724. The number of aliphatic hydroxyl groups excluding tert-OH is 1. The van der Waals surface area contributed by atoms with Crippen molar-refractivity contribution in [2.75, 3.05) is 18.1 Å². The lowest BCUT2D eigenvalue weighted by atomic mass is 10.3. The fraction of sp³-hybridized carbons (Fsp3) is 0.545. The molecule has 0 bridgehead atoms. The predicted molar refractivity (Wildman–Crippen MR) is 63.3 cm³/mol. The minimum atomic E-state index is -0.0204. The van der Waals surface area contributed by atoms with Gasteiger partial charge in [-0.2, -0.15) is 11.8 Å². The van der Waals surface area contributed by atoms with E-state index < -0.39 is 0 Å². The van der Waals surface area contributed by atoms with E-state index in [9.17, 15) is 0 Å². The van der Waals surface area contributed by atoms with Crippen LogP contribution in [0.1, 0.15) is 19.0 Å². The fourth-order valence-electron chi connectivity index (χ4n) is 1.09. The highest BCUT2D eigenvalue weighted by Gasteiger charge is 1.95. The Kier molecular flexibility index (Phi) is 6.20. The zero-order chi connectivity index (χ0) is 10.9. The van der Waals surface area contributed by atoms with E-state index in [2.05, 4.69) is 11.9 Å². The van der Waals surface area contributed by atoms with Crippen LogP contribution < -0.4 is 4.74 Å². The van der Waals surface area contributed by atoms with Crippen LogP contribution >= 0.6 is 11.8 Å². The summed E-state index contributed by atoms with van der Waals surface area (Å²) in [6, 6.07) is 3.61. The highest BCUT2D eigenvalue weighted by Crippen LogP contribution is 2.10. The molecule has 0 aliphatic rings. The van der Waals surface area contributed by atoms with Crippen molar-refractivity contribution in [3.8, 4) is 5.75 Å². The minimum Gasteiger partial charge on any atom is -0.492 e. The number of hydrogen-bond acceptors (Lipinski definition) is 4. The molecule has 1 heterocycles. The Morgan fingerprint density at radius 1 is 1.47 bits per heavy atom. The van der Waals surface area contributed by atoms with Gasteiger partial charge in [0.25, 0.3) is 0 Å². The van der Waals surface area contributed by atoms with Gasteiger partial charge in [-0.25, -0.2) is 0 Å². The molecule has 0 aliphatic carbocycles. The molecule has 0 atom stereocenters. The number of rotatable bonds is 7. The van der Waals surface area contributed by atoms with E-state index in [0.717, 1.165) is 30.3 Å². The number of thioether (sulfide) groups is 1. The van der Waals surface area contributed by atoms with Crippen molar-refractivity contribution >= 4 is 11.8 Å². The summed E-state index contributed by atoms with van der Waals surface area (Å²) in [5, 5.41) is 8.80. The van der Waals surface area contributed by atoms with Crippen LogP contribution in [0.4, 0.5) is 0 Å². The van der Waals surface area contributed by atoms with Crippen LogP contribution in [0.2, 0.25) is 0 Å². The maximum absolute atomic E-state index is 8.80. The largest absolute Gasteiger partial charge is 0.492 e. The van der Waals surface area contributed by atoms with Crippen molar-refractivity contribution in [3.63, 3.8) is 0 Å². The second-order valence-corrected chi connectivity index (χ2v) is 4.44. The summed E-state index contributed by atoms with van der Waals surface area (Å²) < 4.78 is 5.49. The van der Waals surface area contributed by atoms with Gasteiger partial charge in [-0.1, -0.05) is 6.92 Å². The first kappa shape index (κ1) is 12.3. The summed E-state index contributed by atoms with van der Waals surface area (Å²) in [5.74, 6) is 3.07. The molecular weight excluding hydrogens is 210 g/mol. The molecular formula is C11H17NO2S. The van der Waals surface area contributed by atoms with Crippen LogP contribution in [0.25, 0.3) is 0 Å². The zero-order valence-corrected chi connectivity index (χ0v) is 9.80. The van der Waals surface area contributed by atoms with Crippen LogP contribution in [0.15, 0.2) is 18.3 Å². The Balaban J connectivity index is 2.20. The SMILES string of the molecule is CCSCCCOc1ccc(CO)nc1. The van der Waals surface area contributed by atoms with Crippen molar-refractivity contribution in [2.24, 2.45) is 0 Å². The maximum Gasteiger partial charge on any atom is 0.137 e. The van der Waals surface area contributed by atoms with Crippen molar-refractivity contribution < 1.29 is 9.84 Å². The molecule has 0 aliphatic heterocycles. The molecule has 0 aromatic carbocycles. The molecule has 15 heavy (non-hydrogen) atoms. The third-order valence-electron chi connectivity index (χ3n) is 1.87. The number of hydrogen-bond donors (Lipinski definition) is 1. The Bertz CT molecular complexity index is 264. The highest BCUT2D eigenvalue weighted by molar-refractivity contribution is 7.99. The molecule has 84 valence electrons. The van der Waals surface area contributed by atoms with Crippen LogP contribution in [-0.2, 0) is 6.61 Å². The van der Waals surface area contributed by atoms with Gasteiger partial charge in [0.15, 0.2) is 0 Å². The van der Waals surface area contributed by atoms with Gasteiger partial charge in [0.05, 0.1) is 25.1 Å². The monoisotopic (exact) mass is 227 g/mol. The van der Waals surface area contributed by atoms with E-state index in [4.69, 9.17) is 9.84 Å². The molecule has 1 rings (SSSR count). The number of nitrogens with zero attached hydrogens (tertiary/aromatic N) is 1. The van der Waals surface area contributed by atoms with Crippen molar-refractivity contribution in [1.29, 1.82) is 0 Å². The van der Waals surface area contributed by atoms with E-state index in [-0.39, 0.29) is 6.61 Å². The van der Waals surface area contributed by atoms with Crippen LogP contribution in [-0.4, -0.2) is 28.2 Å². The fourth-order valence-corrected chi connectivity index (χ4v) is 1.70. The van der Waals surface area contributed by atoms with Gasteiger partial charge in [0.1, 0.15) is 5.75 Å². The standard InChI is InChI=1S/C11H17NO2S/c1-2-15-7-3-6-14-11-5-4-10(9-13)12-8-11/h4-5,8,13H,2-3,6-7,9H2,1H3. The lowest BCUT2D eigenvalue weighted by Gasteiger charge is -2.05. The van der Waals surface area contributed by atoms with Crippen molar-refractivity contribution in [3.05, 3.63) is 24.0 Å². The molecule has 0 amide bonds. The number of aromatic nitrogens is 1. The normalized spacial score (nSPS) is 10.3. The van der Waals surface area contributed by atoms with Gasteiger partial charge in [-0.3, -0.25) is 4.98 Å². The van der Waals surface area contributed by atoms with E-state index in [1.807, 2.05) is 17.8 Å². The Morgan fingerprint density at radius 2 is 2.33 bits per heavy atom. The maximum atomic E-state index is 8.80. The Morgan fingerprint density at radius 3 is 2.93 bits per heavy atom. The second-order valence-electron chi connectivity index (χ2n) is 3.04. The first-order chi connectivity index (χ1) is 7.36. The molecule has 1 N–H and O–H groups in total. The lowest BCUT2D eigenvalue weighted by molar-refractivity contribution is 0.275. The summed E-state index contributed by atoms with van der Waals surface area (Å²) in [7, 11) is 0. The zero-order valence-electron chi connectivity index (χ0n) is 8.98. The van der Waals surface area contributed by atoms with Crippen molar-refractivity contribution in [2.45, 2.75) is 20.0 Å². The summed E-state index contributed by atoms with van der Waals surface area (Å²) in [5.41, 5.74) is 0.670. The predicted octanol–water partition coefficient (Wildman–Crippen LogP) is 2.10. The molecule has 0 saturated carbocycles. The summed E-state index contributed by atoms with van der Waals surface area (Å²) in [6.45, 7) is 2.86. The Labute approximate surface area is 94.9 Å². The van der Waals surface area contributed by atoms with Gasteiger partial charge in [-0.15, -0.1) is 0 Å². The molecule has 0 saturated heterocycles. The molecule has 0 radical (unpaired) electrons. The van der Waals surface area contributed by atoms with Crippen molar-refractivity contribution in [1.82, 2.24) is 4.98 Å². The van der Waals surface area contributed by atoms with Gasteiger partial charge in [-0.05, 0) is 30.1 Å². The number of pyridine rings is 1. The number of ether oxygens (including phenoxy) is 1. The first-order valence-electron chi connectivity index (χ1n) is 5.13. The molecule has 1 aromatic rings. The van der Waals surface area contributed by atoms with Crippen LogP contribution in [0, 0.1) is 0 Å². The average Bonchev–Trinajstić information content (AvgIpc) is 2.30. The lowest BCUT2D eigenvalue weighted by Crippen LogP contribution is -1.99. The van der Waals surface area contributed by atoms with Gasteiger partial charge in [0.2, 0.25) is 0 Å². The van der Waals surface area contributed by atoms with Crippen LogP contribution in [0.5, 0.6) is 5.75 Å². The number of aliphatic hydroxyl groups is 1. The minimum absolute atomic E-state index is 0.0204. The summed E-state index contributed by atoms with van der Waals surface area (Å²) >= 11 is 1.92. The molecule has 0 fully saturated rings. The topological polar surface area (TPSA) is 42.4 Å². The van der Waals surface area contributed by atoms with E-state index in [1.165, 1.54) is 0 Å². The second kappa shape index (κ2) is 7.54. The van der Waals surface area contributed by atoms with E-state index >= 15 is 0 Å². The smallest absolute Gasteiger partial charge is 0.137 e. The average molecular weight is 227 g/mol. The third-order valence-corrected chi connectivity index (χ3v) is 2.85. The third kappa shape index (κ3) is 5.04. The summed E-state index contributed by atoms with van der Waals surface area (Å²) in [6.07, 6.45) is 2.71. The Hall–Kier alpha value is -0.740. The molecule has 0 unspecified atom stereocenters. The van der Waals surface area contributed by atoms with E-state index in [0.29, 0.717) is 5.69 Å².